The number of ether oxygens (including phenoxy) is 1. The average molecular weight is 390 g/mol. The smallest absolute Gasteiger partial charge is 0.339 e. The van der Waals surface area contributed by atoms with E-state index in [1.54, 1.807) is 12.1 Å². The van der Waals surface area contributed by atoms with E-state index in [9.17, 15) is 14.4 Å². The molecule has 0 aliphatic heterocycles. The van der Waals surface area contributed by atoms with Crippen LogP contribution in [0, 0.1) is 0 Å². The van der Waals surface area contributed by atoms with Crippen LogP contribution >= 0.6 is 23.1 Å². The molecule has 136 valence electrons. The molecule has 2 aromatic rings. The molecule has 3 rings (SSSR count). The Bertz CT molecular complexity index is 876. The molecule has 1 aliphatic rings. The maximum absolute atomic E-state index is 12.2. The van der Waals surface area contributed by atoms with Crippen molar-refractivity contribution >= 4 is 45.9 Å². The van der Waals surface area contributed by atoms with E-state index in [0.29, 0.717) is 16.1 Å². The Labute approximate surface area is 159 Å². The molecule has 1 aromatic carbocycles. The molecule has 1 heterocycles. The molecule has 3 N–H and O–H groups in total. The number of aryl methyl sites for hydroxylation is 1. The molecule has 26 heavy (non-hydrogen) atoms. The van der Waals surface area contributed by atoms with Crippen molar-refractivity contribution in [3.05, 3.63) is 45.8 Å². The Morgan fingerprint density at radius 2 is 2.04 bits per heavy atom. The monoisotopic (exact) mass is 390 g/mol. The number of anilines is 1. The number of hydrogen-bond acceptors (Lipinski definition) is 6. The number of esters is 1. The van der Waals surface area contributed by atoms with Crippen molar-refractivity contribution in [2.75, 3.05) is 18.2 Å². The minimum atomic E-state index is -0.561. The number of carbonyl (C=O) groups excluding carboxylic acids is 3. The van der Waals surface area contributed by atoms with Crippen LogP contribution in [-0.4, -0.2) is 30.6 Å². The van der Waals surface area contributed by atoms with Crippen molar-refractivity contribution in [1.29, 1.82) is 0 Å². The van der Waals surface area contributed by atoms with Gasteiger partial charge in [-0.3, -0.25) is 9.59 Å². The minimum absolute atomic E-state index is 0.384. The van der Waals surface area contributed by atoms with Crippen LogP contribution in [0.2, 0.25) is 0 Å². The molecule has 0 atom stereocenters. The van der Waals surface area contributed by atoms with Crippen LogP contribution in [0.3, 0.4) is 0 Å². The zero-order valence-electron chi connectivity index (χ0n) is 14.2. The zero-order valence-corrected chi connectivity index (χ0v) is 15.8. The summed E-state index contributed by atoms with van der Waals surface area (Å²) in [6, 6.07) is 7.04. The molecule has 0 fully saturated rings. The molecular weight excluding hydrogens is 372 g/mol. The summed E-state index contributed by atoms with van der Waals surface area (Å²) in [6.45, 7) is -0.428. The summed E-state index contributed by atoms with van der Waals surface area (Å²) < 4.78 is 5.11. The lowest BCUT2D eigenvalue weighted by Crippen LogP contribution is -2.23. The van der Waals surface area contributed by atoms with E-state index in [2.05, 4.69) is 5.32 Å². The standard InChI is InChI=1S/C18H18N2O4S2/c1-25-12-7-3-2-5-11(12)18(23)24-9-14(21)20-17-15(16(19)22)10-6-4-8-13(10)26-17/h2-3,5,7H,4,6,8-9H2,1H3,(H2,19,22)(H,20,21). The van der Waals surface area contributed by atoms with Gasteiger partial charge in [-0.1, -0.05) is 12.1 Å². The van der Waals surface area contributed by atoms with Crippen LogP contribution in [0.1, 0.15) is 37.6 Å². The molecule has 8 heteroatoms. The molecule has 0 saturated heterocycles. The van der Waals surface area contributed by atoms with Crippen LogP contribution in [-0.2, 0) is 22.4 Å². The van der Waals surface area contributed by atoms with Crippen LogP contribution in [0.25, 0.3) is 0 Å². The fraction of sp³-hybridized carbons (Fsp3) is 0.278. The van der Waals surface area contributed by atoms with Gasteiger partial charge in [0.05, 0.1) is 11.1 Å². The Balaban J connectivity index is 1.65. The first-order chi connectivity index (χ1) is 12.5. The van der Waals surface area contributed by atoms with Crippen molar-refractivity contribution < 1.29 is 19.1 Å². The molecule has 0 saturated carbocycles. The summed E-state index contributed by atoms with van der Waals surface area (Å²) in [4.78, 5) is 37.9. The lowest BCUT2D eigenvalue weighted by atomic mass is 10.1. The molecule has 0 bridgehead atoms. The normalized spacial score (nSPS) is 12.5. The number of benzene rings is 1. The topological polar surface area (TPSA) is 98.5 Å². The Morgan fingerprint density at radius 1 is 1.27 bits per heavy atom. The van der Waals surface area contributed by atoms with Gasteiger partial charge in [0.25, 0.3) is 11.8 Å². The van der Waals surface area contributed by atoms with E-state index < -0.39 is 24.4 Å². The lowest BCUT2D eigenvalue weighted by molar-refractivity contribution is -0.119. The van der Waals surface area contributed by atoms with Crippen LogP contribution in [0.5, 0.6) is 0 Å². The van der Waals surface area contributed by atoms with E-state index in [1.807, 2.05) is 18.4 Å². The zero-order chi connectivity index (χ0) is 18.7. The maximum Gasteiger partial charge on any atom is 0.339 e. The molecule has 1 aliphatic carbocycles. The van der Waals surface area contributed by atoms with Crippen LogP contribution < -0.4 is 11.1 Å². The summed E-state index contributed by atoms with van der Waals surface area (Å²) in [7, 11) is 0. The largest absolute Gasteiger partial charge is 0.452 e. The summed E-state index contributed by atoms with van der Waals surface area (Å²) >= 11 is 2.79. The van der Waals surface area contributed by atoms with Gasteiger partial charge in [-0.15, -0.1) is 23.1 Å². The van der Waals surface area contributed by atoms with Gasteiger partial charge in [0, 0.05) is 9.77 Å². The number of fused-ring (bicyclic) bond motifs is 1. The molecule has 6 nitrogen and oxygen atoms in total. The summed E-state index contributed by atoms with van der Waals surface area (Å²) in [5, 5.41) is 3.09. The molecular formula is C18H18N2O4S2. The van der Waals surface area contributed by atoms with Crippen molar-refractivity contribution in [2.45, 2.75) is 24.2 Å². The van der Waals surface area contributed by atoms with Gasteiger partial charge in [0.15, 0.2) is 6.61 Å². The highest BCUT2D eigenvalue weighted by atomic mass is 32.2. The van der Waals surface area contributed by atoms with Gasteiger partial charge < -0.3 is 15.8 Å². The van der Waals surface area contributed by atoms with Crippen molar-refractivity contribution in [3.63, 3.8) is 0 Å². The molecule has 0 unspecified atom stereocenters. The predicted octanol–water partition coefficient (Wildman–Crippen LogP) is 2.85. The third-order valence-corrected chi connectivity index (χ3v) is 6.08. The SMILES string of the molecule is CSc1ccccc1C(=O)OCC(=O)Nc1sc2c(c1C(N)=O)CCC2. The third kappa shape index (κ3) is 3.76. The summed E-state index contributed by atoms with van der Waals surface area (Å²) in [5.74, 6) is -1.61. The number of carbonyl (C=O) groups is 3. The maximum atomic E-state index is 12.2. The predicted molar refractivity (Wildman–Crippen MR) is 102 cm³/mol. The first-order valence-corrected chi connectivity index (χ1v) is 10.1. The number of thiophene rings is 1. The second-order valence-electron chi connectivity index (χ2n) is 5.75. The first kappa shape index (κ1) is 18.5. The fourth-order valence-corrected chi connectivity index (χ4v) is 4.83. The molecule has 0 spiro atoms. The van der Waals surface area contributed by atoms with Crippen LogP contribution in [0.15, 0.2) is 29.2 Å². The van der Waals surface area contributed by atoms with E-state index >= 15 is 0 Å². The Hall–Kier alpha value is -2.32. The number of hydrogen-bond donors (Lipinski definition) is 2. The Morgan fingerprint density at radius 3 is 2.77 bits per heavy atom. The number of thioether (sulfide) groups is 1. The average Bonchev–Trinajstić information content (AvgIpc) is 3.19. The van der Waals surface area contributed by atoms with E-state index in [0.717, 1.165) is 34.6 Å². The molecule has 0 radical (unpaired) electrons. The third-order valence-electron chi connectivity index (χ3n) is 4.08. The number of nitrogens with one attached hydrogen (secondary N) is 1. The van der Waals surface area contributed by atoms with E-state index in [-0.39, 0.29) is 0 Å². The highest BCUT2D eigenvalue weighted by molar-refractivity contribution is 7.98. The van der Waals surface area contributed by atoms with Crippen molar-refractivity contribution in [3.8, 4) is 0 Å². The van der Waals surface area contributed by atoms with Gasteiger partial charge in [-0.05, 0) is 43.2 Å². The quantitative estimate of drug-likeness (QED) is 0.584. The van der Waals surface area contributed by atoms with Gasteiger partial charge in [0.1, 0.15) is 5.00 Å². The molecule has 2 amide bonds. The van der Waals surface area contributed by atoms with E-state index in [4.69, 9.17) is 10.5 Å². The lowest BCUT2D eigenvalue weighted by Gasteiger charge is -2.09. The summed E-state index contributed by atoms with van der Waals surface area (Å²) in [5.41, 5.74) is 7.20. The van der Waals surface area contributed by atoms with Gasteiger partial charge in [-0.25, -0.2) is 4.79 Å². The highest BCUT2D eigenvalue weighted by Gasteiger charge is 2.26. The number of amides is 2. The van der Waals surface area contributed by atoms with Gasteiger partial charge in [-0.2, -0.15) is 0 Å². The second kappa shape index (κ2) is 7.92. The van der Waals surface area contributed by atoms with Crippen molar-refractivity contribution in [2.24, 2.45) is 5.73 Å². The summed E-state index contributed by atoms with van der Waals surface area (Å²) in [6.07, 6.45) is 4.53. The van der Waals surface area contributed by atoms with Gasteiger partial charge in [0.2, 0.25) is 0 Å². The Kier molecular flexibility index (Phi) is 5.63. The van der Waals surface area contributed by atoms with Crippen molar-refractivity contribution in [1.82, 2.24) is 0 Å². The number of nitrogens with two attached hydrogens (primary N) is 1. The van der Waals surface area contributed by atoms with Gasteiger partial charge >= 0.3 is 5.97 Å². The fourth-order valence-electron chi connectivity index (χ4n) is 2.94. The van der Waals surface area contributed by atoms with Crippen LogP contribution in [0.4, 0.5) is 5.00 Å². The van der Waals surface area contributed by atoms with E-state index in [1.165, 1.54) is 23.1 Å². The number of primary amides is 1. The molecule has 1 aromatic heterocycles. The second-order valence-corrected chi connectivity index (χ2v) is 7.70. The minimum Gasteiger partial charge on any atom is -0.452 e. The number of rotatable bonds is 6. The highest BCUT2D eigenvalue weighted by Crippen LogP contribution is 2.38. The first-order valence-electron chi connectivity index (χ1n) is 8.05.